The fourth-order valence-electron chi connectivity index (χ4n) is 1.19. The first-order chi connectivity index (χ1) is 8.05. The van der Waals surface area contributed by atoms with Crippen LogP contribution in [0.5, 0.6) is 0 Å². The van der Waals surface area contributed by atoms with Gasteiger partial charge < -0.3 is 0 Å². The Hall–Kier alpha value is -1.38. The first-order valence-corrected chi connectivity index (χ1v) is 6.91. The van der Waals surface area contributed by atoms with Gasteiger partial charge in [-0.25, -0.2) is 17.5 Å². The van der Waals surface area contributed by atoms with Crippen molar-refractivity contribution in [3.63, 3.8) is 0 Å². The summed E-state index contributed by atoms with van der Waals surface area (Å²) in [5, 5.41) is 0. The average Bonchev–Trinajstić information content (AvgIpc) is 2.26. The van der Waals surface area contributed by atoms with E-state index in [2.05, 4.69) is 16.6 Å². The van der Waals surface area contributed by atoms with Crippen LogP contribution in [0.3, 0.4) is 0 Å². The average molecular weight is 255 g/mol. The minimum Gasteiger partial charge on any atom is -0.212 e. The number of hydrogen-bond acceptors (Lipinski definition) is 2. The molecule has 0 amide bonds. The second-order valence-electron chi connectivity index (χ2n) is 3.42. The lowest BCUT2D eigenvalue weighted by Crippen LogP contribution is -2.26. The molecule has 1 aromatic rings. The predicted octanol–water partition coefficient (Wildman–Crippen LogP) is 1.51. The van der Waals surface area contributed by atoms with Crippen molar-refractivity contribution in [1.29, 1.82) is 0 Å². The summed E-state index contributed by atoms with van der Waals surface area (Å²) in [5.41, 5.74) is 0.266. The summed E-state index contributed by atoms with van der Waals surface area (Å²) in [5.74, 6) is 4.82. The maximum atomic E-state index is 13.1. The Balaban J connectivity index is 2.56. The van der Waals surface area contributed by atoms with E-state index < -0.39 is 15.8 Å². The van der Waals surface area contributed by atoms with Crippen molar-refractivity contribution in [3.05, 3.63) is 35.6 Å². The molecule has 0 aliphatic rings. The van der Waals surface area contributed by atoms with Gasteiger partial charge in [0.05, 0.1) is 17.9 Å². The normalized spacial score (nSPS) is 10.7. The van der Waals surface area contributed by atoms with E-state index in [0.717, 1.165) is 0 Å². The molecular weight excluding hydrogens is 241 g/mol. The topological polar surface area (TPSA) is 46.2 Å². The number of halogens is 1. The number of benzene rings is 1. The molecule has 0 saturated heterocycles. The molecule has 0 atom stereocenters. The zero-order chi connectivity index (χ0) is 12.7. The third-order valence-corrected chi connectivity index (χ3v) is 3.48. The van der Waals surface area contributed by atoms with E-state index >= 15 is 0 Å². The van der Waals surface area contributed by atoms with Crippen LogP contribution in [0.2, 0.25) is 0 Å². The van der Waals surface area contributed by atoms with E-state index in [9.17, 15) is 12.8 Å². The highest BCUT2D eigenvalue weighted by Crippen LogP contribution is 2.03. The van der Waals surface area contributed by atoms with Crippen LogP contribution in [0.4, 0.5) is 4.39 Å². The number of nitrogens with one attached hydrogen (secondary N) is 1. The molecule has 1 aromatic carbocycles. The molecule has 0 aliphatic heterocycles. The maximum Gasteiger partial charge on any atom is 0.212 e. The lowest BCUT2D eigenvalue weighted by Gasteiger charge is -2.00. The summed E-state index contributed by atoms with van der Waals surface area (Å²) in [4.78, 5) is 0. The number of rotatable bonds is 4. The molecule has 92 valence electrons. The zero-order valence-corrected chi connectivity index (χ0v) is 10.3. The second kappa shape index (κ2) is 6.38. The number of hydrogen-bond donors (Lipinski definition) is 1. The quantitative estimate of drug-likeness (QED) is 0.829. The summed E-state index contributed by atoms with van der Waals surface area (Å²) >= 11 is 0. The highest BCUT2D eigenvalue weighted by Gasteiger charge is 2.05. The molecule has 0 unspecified atom stereocenters. The van der Waals surface area contributed by atoms with Crippen molar-refractivity contribution < 1.29 is 12.8 Å². The molecule has 1 N–H and O–H groups in total. The van der Waals surface area contributed by atoms with Crippen molar-refractivity contribution in [2.24, 2.45) is 0 Å². The first-order valence-electron chi connectivity index (χ1n) is 5.26. The van der Waals surface area contributed by atoms with E-state index in [4.69, 9.17) is 0 Å². The van der Waals surface area contributed by atoms with Gasteiger partial charge in [-0.1, -0.05) is 30.9 Å². The summed E-state index contributed by atoms with van der Waals surface area (Å²) in [6.45, 7) is 1.78. The van der Waals surface area contributed by atoms with Crippen LogP contribution in [0.1, 0.15) is 18.9 Å². The third kappa shape index (κ3) is 4.98. The monoisotopic (exact) mass is 255 g/mol. The Bertz CT molecular complexity index is 529. The SMILES string of the molecule is CCCS(=O)(=O)NCC#Cc1ccccc1F. The van der Waals surface area contributed by atoms with Gasteiger partial charge >= 0.3 is 0 Å². The zero-order valence-electron chi connectivity index (χ0n) is 9.53. The van der Waals surface area contributed by atoms with Gasteiger partial charge in [-0.2, -0.15) is 0 Å². The largest absolute Gasteiger partial charge is 0.212 e. The fraction of sp³-hybridized carbons (Fsp3) is 0.333. The lowest BCUT2D eigenvalue weighted by molar-refractivity contribution is 0.584. The van der Waals surface area contributed by atoms with Gasteiger partial charge in [0.25, 0.3) is 0 Å². The summed E-state index contributed by atoms with van der Waals surface area (Å²) < 4.78 is 38.0. The van der Waals surface area contributed by atoms with Gasteiger partial charge in [-0.3, -0.25) is 0 Å². The second-order valence-corrected chi connectivity index (χ2v) is 5.35. The molecule has 0 radical (unpaired) electrons. The first kappa shape index (κ1) is 13.7. The third-order valence-electron chi connectivity index (χ3n) is 1.95. The summed E-state index contributed by atoms with van der Waals surface area (Å²) in [6, 6.07) is 6.10. The van der Waals surface area contributed by atoms with Crippen molar-refractivity contribution in [3.8, 4) is 11.8 Å². The molecule has 0 bridgehead atoms. The van der Waals surface area contributed by atoms with Gasteiger partial charge in [-0.05, 0) is 18.6 Å². The molecule has 0 saturated carbocycles. The van der Waals surface area contributed by atoms with Crippen LogP contribution < -0.4 is 4.72 Å². The van der Waals surface area contributed by atoms with Crippen molar-refractivity contribution in [1.82, 2.24) is 4.72 Å². The van der Waals surface area contributed by atoms with E-state index in [1.54, 1.807) is 25.1 Å². The molecule has 17 heavy (non-hydrogen) atoms. The van der Waals surface area contributed by atoms with Crippen LogP contribution in [-0.4, -0.2) is 20.7 Å². The molecule has 1 rings (SSSR count). The fourth-order valence-corrected chi connectivity index (χ4v) is 2.16. The van der Waals surface area contributed by atoms with Crippen LogP contribution >= 0.6 is 0 Å². The smallest absolute Gasteiger partial charge is 0.212 e. The summed E-state index contributed by atoms with van der Waals surface area (Å²) in [6.07, 6.45) is 0.552. The highest BCUT2D eigenvalue weighted by atomic mass is 32.2. The molecule has 0 aliphatic carbocycles. The molecular formula is C12H14FNO2S. The van der Waals surface area contributed by atoms with Gasteiger partial charge in [0.15, 0.2) is 0 Å². The van der Waals surface area contributed by atoms with Crippen molar-refractivity contribution in [2.45, 2.75) is 13.3 Å². The van der Waals surface area contributed by atoms with Crippen LogP contribution in [-0.2, 0) is 10.0 Å². The standard InChI is InChI=1S/C12H14FNO2S/c1-2-10-17(15,16)14-9-5-7-11-6-3-4-8-12(11)13/h3-4,6,8,14H,2,9-10H2,1H3. The minimum atomic E-state index is -3.24. The van der Waals surface area contributed by atoms with E-state index in [0.29, 0.717) is 6.42 Å². The van der Waals surface area contributed by atoms with E-state index in [1.165, 1.54) is 6.07 Å². The number of sulfonamides is 1. The Morgan fingerprint density at radius 2 is 2.06 bits per heavy atom. The highest BCUT2D eigenvalue weighted by molar-refractivity contribution is 7.89. The molecule has 0 heterocycles. The molecule has 0 spiro atoms. The van der Waals surface area contributed by atoms with Gasteiger partial charge in [0.1, 0.15) is 5.82 Å². The Morgan fingerprint density at radius 3 is 2.71 bits per heavy atom. The van der Waals surface area contributed by atoms with Crippen LogP contribution in [0, 0.1) is 17.7 Å². The molecule has 0 fully saturated rings. The van der Waals surface area contributed by atoms with Crippen LogP contribution in [0.15, 0.2) is 24.3 Å². The van der Waals surface area contributed by atoms with Crippen LogP contribution in [0.25, 0.3) is 0 Å². The lowest BCUT2D eigenvalue weighted by atomic mass is 10.2. The molecule has 0 aromatic heterocycles. The van der Waals surface area contributed by atoms with E-state index in [1.807, 2.05) is 0 Å². The predicted molar refractivity (Wildman–Crippen MR) is 65.4 cm³/mol. The van der Waals surface area contributed by atoms with E-state index in [-0.39, 0.29) is 17.9 Å². The van der Waals surface area contributed by atoms with Crippen molar-refractivity contribution >= 4 is 10.0 Å². The van der Waals surface area contributed by atoms with Crippen molar-refractivity contribution in [2.75, 3.05) is 12.3 Å². The minimum absolute atomic E-state index is 0.00331. The Morgan fingerprint density at radius 1 is 1.35 bits per heavy atom. The molecule has 3 nitrogen and oxygen atoms in total. The Kier molecular flexibility index (Phi) is 5.13. The van der Waals surface area contributed by atoms with Gasteiger partial charge in [-0.15, -0.1) is 0 Å². The maximum absolute atomic E-state index is 13.1. The van der Waals surface area contributed by atoms with Gasteiger partial charge in [0.2, 0.25) is 10.0 Å². The van der Waals surface area contributed by atoms with Gasteiger partial charge in [0, 0.05) is 0 Å². The molecule has 5 heteroatoms. The summed E-state index contributed by atoms with van der Waals surface area (Å²) in [7, 11) is -3.24. The Labute approximate surface area is 101 Å².